The van der Waals surface area contributed by atoms with Crippen LogP contribution in [0.3, 0.4) is 0 Å². The van der Waals surface area contributed by atoms with Gasteiger partial charge >= 0.3 is 17.4 Å². The van der Waals surface area contributed by atoms with Crippen molar-refractivity contribution in [3.05, 3.63) is 29.1 Å². The van der Waals surface area contributed by atoms with Gasteiger partial charge in [0, 0.05) is 0 Å². The summed E-state index contributed by atoms with van der Waals surface area (Å²) in [7, 11) is 4.50. The van der Waals surface area contributed by atoms with Gasteiger partial charge in [-0.2, -0.15) is 0 Å². The summed E-state index contributed by atoms with van der Waals surface area (Å²) in [4.78, 5) is 7.75. The van der Waals surface area contributed by atoms with Gasteiger partial charge in [0.1, 0.15) is 0 Å². The van der Waals surface area contributed by atoms with Gasteiger partial charge in [0.2, 0.25) is 0 Å². The predicted molar refractivity (Wildman–Crippen MR) is 34.2 cm³/mol. The molecule has 3 nitrogen and oxygen atoms in total. The Hall–Kier alpha value is 0.122. The molecule has 0 atom stereocenters. The van der Waals surface area contributed by atoms with E-state index in [9.17, 15) is 0 Å². The third-order valence-electron chi connectivity index (χ3n) is 0. The number of aliphatic hydroxyl groups excluding tert-OH is 2. The van der Waals surface area contributed by atoms with Crippen molar-refractivity contribution >= 4 is 6.79 Å². The predicted octanol–water partition coefficient (Wildman–Crippen LogP) is 0.925. The van der Waals surface area contributed by atoms with E-state index >= 15 is 0 Å². The standard InChI is InChI=1S/2CH3O.CHO.2CH3.Cr/c3*1-2;;;/h2*2H,1H2;1H;2*1H3;/q5*-1;+5. The summed E-state index contributed by atoms with van der Waals surface area (Å²) in [5.74, 6) is 0. The molecule has 9 heavy (non-hydrogen) atoms. The first-order chi connectivity index (χ1) is 3.00. The molecule has 0 spiro atoms. The van der Waals surface area contributed by atoms with Gasteiger partial charge in [-0.15, -0.1) is 0 Å². The molecule has 0 bridgehead atoms. The number of rotatable bonds is 0. The molecule has 0 aromatic rings. The molecule has 0 aromatic carbocycles. The van der Waals surface area contributed by atoms with Crippen molar-refractivity contribution in [1.29, 1.82) is 0 Å². The van der Waals surface area contributed by atoms with E-state index in [4.69, 9.17) is 15.0 Å². The van der Waals surface area contributed by atoms with Crippen LogP contribution in [0.15, 0.2) is 0 Å². The van der Waals surface area contributed by atoms with E-state index in [1.165, 1.54) is 0 Å². The Morgan fingerprint density at radius 1 is 0.889 bits per heavy atom. The molecule has 1 radical (unpaired) electrons. The molecular weight excluding hydrogens is 160 g/mol. The van der Waals surface area contributed by atoms with Gasteiger partial charge in [0.15, 0.2) is 0 Å². The smallest absolute Gasteiger partial charge is 0.569 e. The monoisotopic (exact) mass is 173 g/mol. The summed E-state index contributed by atoms with van der Waals surface area (Å²) in [5, 5.41) is 13.5. The van der Waals surface area contributed by atoms with Crippen LogP contribution >= 0.6 is 0 Å². The Labute approximate surface area is 68.8 Å². The fraction of sp³-hybridized carbons (Fsp3) is 0. The zero-order valence-electron chi connectivity index (χ0n) is 5.70. The van der Waals surface area contributed by atoms with E-state index in [2.05, 4.69) is 21.0 Å². The van der Waals surface area contributed by atoms with Gasteiger partial charge in [-0.25, -0.2) is 14.2 Å². The van der Waals surface area contributed by atoms with Crippen LogP contribution < -0.4 is 0 Å². The van der Waals surface area contributed by atoms with E-state index in [1.807, 2.05) is 0 Å². The molecular formula is C5H13CrO3. The first-order valence-corrected chi connectivity index (χ1v) is 0.868. The van der Waals surface area contributed by atoms with E-state index in [1.54, 1.807) is 0 Å². The number of aliphatic hydroxyl groups is 2. The summed E-state index contributed by atoms with van der Waals surface area (Å²) in [6.45, 7) is 3.25. The van der Waals surface area contributed by atoms with Crippen molar-refractivity contribution in [2.75, 3.05) is 0 Å². The normalized spacial score (nSPS) is 1.78. The maximum atomic E-state index is 7.75. The molecule has 0 heterocycles. The van der Waals surface area contributed by atoms with E-state index in [-0.39, 0.29) is 32.2 Å². The molecule has 0 aliphatic heterocycles. The molecule has 0 aliphatic carbocycles. The minimum atomic E-state index is 0. The molecule has 0 amide bonds. The van der Waals surface area contributed by atoms with E-state index < -0.39 is 0 Å². The average Bonchev–Trinajstić information content (AvgIpc) is 1.81. The van der Waals surface area contributed by atoms with Gasteiger partial charge in [0.25, 0.3) is 0 Å². The maximum absolute atomic E-state index is 7.75. The maximum Gasteiger partial charge on any atom is 5.00 e. The van der Waals surface area contributed by atoms with Crippen LogP contribution in [0.4, 0.5) is 0 Å². The molecule has 0 rings (SSSR count). The minimum absolute atomic E-state index is 0. The Morgan fingerprint density at radius 2 is 0.889 bits per heavy atom. The van der Waals surface area contributed by atoms with Crippen molar-refractivity contribution in [3.63, 3.8) is 0 Å². The van der Waals surface area contributed by atoms with Crippen LogP contribution in [0, 0.1) is 29.1 Å². The Balaban J connectivity index is -0.00000000321. The van der Waals surface area contributed by atoms with Crippen LogP contribution in [-0.2, 0) is 22.2 Å². The summed E-state index contributed by atoms with van der Waals surface area (Å²) in [5.41, 5.74) is 0. The Morgan fingerprint density at radius 3 is 0.889 bits per heavy atom. The van der Waals surface area contributed by atoms with Crippen molar-refractivity contribution in [2.24, 2.45) is 0 Å². The second kappa shape index (κ2) is 27500. The van der Waals surface area contributed by atoms with Crippen molar-refractivity contribution in [3.8, 4) is 0 Å². The molecule has 4 heteroatoms. The summed E-state index contributed by atoms with van der Waals surface area (Å²) >= 11 is 0. The van der Waals surface area contributed by atoms with Gasteiger partial charge in [-0.3, -0.25) is 6.79 Å². The minimum Gasteiger partial charge on any atom is -0.569 e. The zero-order valence-corrected chi connectivity index (χ0v) is 6.98. The van der Waals surface area contributed by atoms with E-state index in [0.717, 1.165) is 0 Å². The summed E-state index contributed by atoms with van der Waals surface area (Å²) in [6, 6.07) is 0. The SMILES string of the molecule is [CH-]=O.[CH2-]O.[CH2-]O.[CH3-].[CH3-].[Cr+5]. The van der Waals surface area contributed by atoms with Crippen molar-refractivity contribution < 1.29 is 32.4 Å². The molecule has 0 unspecified atom stereocenters. The molecule has 0 saturated carbocycles. The number of hydrogen-bond donors (Lipinski definition) is 2. The fourth-order valence-corrected chi connectivity index (χ4v) is 0. The molecule has 0 fully saturated rings. The van der Waals surface area contributed by atoms with Crippen molar-refractivity contribution in [2.45, 2.75) is 0 Å². The van der Waals surface area contributed by atoms with Crippen LogP contribution in [0.2, 0.25) is 0 Å². The Kier molecular flexibility index (Phi) is 188000. The second-order valence-electron chi connectivity index (χ2n) is 0. The van der Waals surface area contributed by atoms with Crippen LogP contribution in [-0.4, -0.2) is 17.0 Å². The van der Waals surface area contributed by atoms with Gasteiger partial charge in [-0.1, -0.05) is 0 Å². The van der Waals surface area contributed by atoms with Gasteiger partial charge in [0.05, 0.1) is 0 Å². The number of carbonyl (C=O) groups excluding carboxylic acids is 1. The topological polar surface area (TPSA) is 57.5 Å². The Bertz CT molecular complexity index is 12.2. The van der Waals surface area contributed by atoms with Crippen LogP contribution in [0.5, 0.6) is 0 Å². The molecule has 0 saturated heterocycles. The molecule has 0 aliphatic rings. The van der Waals surface area contributed by atoms with Gasteiger partial charge in [-0.05, 0) is 0 Å². The van der Waals surface area contributed by atoms with Crippen LogP contribution in [0.25, 0.3) is 0 Å². The molecule has 2 N–H and O–H groups in total. The fourth-order valence-electron chi connectivity index (χ4n) is 0. The average molecular weight is 173 g/mol. The molecule has 0 aromatic heterocycles. The van der Waals surface area contributed by atoms with Crippen molar-refractivity contribution in [1.82, 2.24) is 0 Å². The third-order valence-corrected chi connectivity index (χ3v) is 0. The third kappa shape index (κ3) is 20300. The summed E-state index contributed by atoms with van der Waals surface area (Å²) in [6.07, 6.45) is 0. The second-order valence-corrected chi connectivity index (χ2v) is 0. The largest absolute Gasteiger partial charge is 5.00 e. The molecule has 57 valence electrons. The van der Waals surface area contributed by atoms with Crippen LogP contribution in [0.1, 0.15) is 0 Å². The summed E-state index contributed by atoms with van der Waals surface area (Å²) < 4.78 is 0. The van der Waals surface area contributed by atoms with Gasteiger partial charge < -0.3 is 29.9 Å². The first-order valence-electron chi connectivity index (χ1n) is 0.868. The zero-order chi connectivity index (χ0) is 6.00. The quantitative estimate of drug-likeness (QED) is 0.423. The first kappa shape index (κ1) is 61.7. The number of hydrogen-bond acceptors (Lipinski definition) is 3. The van der Waals surface area contributed by atoms with E-state index in [0.29, 0.717) is 0 Å².